The summed E-state index contributed by atoms with van der Waals surface area (Å²) in [5.41, 5.74) is 16.7. The Morgan fingerprint density at radius 1 is 0.837 bits per heavy atom. The number of carbonyl (C=O) groups is 3. The fourth-order valence-corrected chi connectivity index (χ4v) is 10.1. The van der Waals surface area contributed by atoms with E-state index in [-0.39, 0.29) is 116 Å². The summed E-state index contributed by atoms with van der Waals surface area (Å²) in [5.74, 6) is 0.646. The lowest BCUT2D eigenvalue weighted by molar-refractivity contribution is -0.225. The SMILES string of the molecule is C[C@H](CCCO)[C@H]1CC[C@H]2[C@@H]3[C@H](OC(=O)CCN)C[C@@H]4C[C@H](OC(=O)CCN)CC[C@]4(C)[C@H]3C[C@H](OC(=O)CCN)[C@]12C. The molecule has 0 heterocycles. The first-order chi connectivity index (χ1) is 20.5. The molecule has 0 aromatic heterocycles. The van der Waals surface area contributed by atoms with Crippen LogP contribution in [-0.2, 0) is 28.6 Å². The molecule has 0 aliphatic heterocycles. The largest absolute Gasteiger partial charge is 0.462 e. The van der Waals surface area contributed by atoms with Gasteiger partial charge in [0.15, 0.2) is 0 Å². The summed E-state index contributed by atoms with van der Waals surface area (Å²) in [7, 11) is 0. The molecule has 0 aromatic rings. The van der Waals surface area contributed by atoms with Crippen molar-refractivity contribution < 1.29 is 33.7 Å². The average molecular weight is 608 g/mol. The second kappa shape index (κ2) is 14.6. The third kappa shape index (κ3) is 6.92. The van der Waals surface area contributed by atoms with Crippen LogP contribution in [0.2, 0.25) is 0 Å². The fraction of sp³-hybridized carbons (Fsp3) is 0.909. The minimum atomic E-state index is -0.281. The molecule has 4 aliphatic rings. The van der Waals surface area contributed by atoms with Crippen molar-refractivity contribution in [3.05, 3.63) is 0 Å². The molecule has 4 saturated carbocycles. The first kappa shape index (κ1) is 34.1. The lowest BCUT2D eigenvalue weighted by Gasteiger charge is -2.64. The van der Waals surface area contributed by atoms with Crippen LogP contribution in [0, 0.1) is 46.3 Å². The van der Waals surface area contributed by atoms with E-state index in [0.29, 0.717) is 18.3 Å². The predicted molar refractivity (Wildman–Crippen MR) is 162 cm³/mol. The van der Waals surface area contributed by atoms with Crippen molar-refractivity contribution in [3.8, 4) is 0 Å². The number of nitrogens with two attached hydrogens (primary N) is 3. The predicted octanol–water partition coefficient (Wildman–Crippen LogP) is 3.06. The molecule has 4 rings (SSSR count). The zero-order chi connectivity index (χ0) is 31.4. The van der Waals surface area contributed by atoms with Gasteiger partial charge in [-0.3, -0.25) is 14.4 Å². The maximum absolute atomic E-state index is 13.0. The van der Waals surface area contributed by atoms with Crippen LogP contribution in [0.15, 0.2) is 0 Å². The molecule has 0 unspecified atom stereocenters. The van der Waals surface area contributed by atoms with Gasteiger partial charge in [-0.15, -0.1) is 0 Å². The number of carbonyl (C=O) groups excluding carboxylic acids is 3. The molecule has 43 heavy (non-hydrogen) atoms. The van der Waals surface area contributed by atoms with E-state index in [9.17, 15) is 19.5 Å². The number of hydrogen-bond donors (Lipinski definition) is 4. The summed E-state index contributed by atoms with van der Waals surface area (Å²) in [6, 6.07) is 0. The van der Waals surface area contributed by atoms with Gasteiger partial charge in [-0.05, 0) is 92.8 Å². The van der Waals surface area contributed by atoms with Gasteiger partial charge in [-0.2, -0.15) is 0 Å². The topological polar surface area (TPSA) is 177 Å². The number of ether oxygens (including phenoxy) is 3. The molecule has 0 saturated heterocycles. The Hall–Kier alpha value is -1.75. The smallest absolute Gasteiger partial charge is 0.307 e. The summed E-state index contributed by atoms with van der Waals surface area (Å²) < 4.78 is 18.5. The highest BCUT2D eigenvalue weighted by molar-refractivity contribution is 5.70. The molecular weight excluding hydrogens is 550 g/mol. The van der Waals surface area contributed by atoms with E-state index in [1.807, 2.05) is 0 Å². The van der Waals surface area contributed by atoms with Crippen molar-refractivity contribution in [3.63, 3.8) is 0 Å². The first-order valence-corrected chi connectivity index (χ1v) is 16.8. The van der Waals surface area contributed by atoms with Crippen LogP contribution in [0.5, 0.6) is 0 Å². The molecule has 4 fully saturated rings. The molecular formula is C33H57N3O7. The molecule has 0 amide bonds. The van der Waals surface area contributed by atoms with Crippen LogP contribution in [0.1, 0.15) is 97.8 Å². The van der Waals surface area contributed by atoms with Crippen LogP contribution in [0.25, 0.3) is 0 Å². The summed E-state index contributed by atoms with van der Waals surface area (Å²) in [4.78, 5) is 38.3. The van der Waals surface area contributed by atoms with Gasteiger partial charge in [0.05, 0.1) is 19.3 Å². The van der Waals surface area contributed by atoms with Gasteiger partial charge in [-0.1, -0.05) is 20.8 Å². The molecule has 0 aromatic carbocycles. The molecule has 11 atom stereocenters. The summed E-state index contributed by atoms with van der Waals surface area (Å²) in [6.45, 7) is 7.86. The summed E-state index contributed by atoms with van der Waals surface area (Å²) in [6.07, 6.45) is 7.38. The van der Waals surface area contributed by atoms with Gasteiger partial charge in [0.2, 0.25) is 0 Å². The Kier molecular flexibility index (Phi) is 11.6. The Labute approximate surface area is 257 Å². The van der Waals surface area contributed by atoms with Crippen molar-refractivity contribution in [2.45, 2.75) is 116 Å². The van der Waals surface area contributed by atoms with Crippen molar-refractivity contribution in [1.29, 1.82) is 0 Å². The summed E-state index contributed by atoms with van der Waals surface area (Å²) in [5, 5.41) is 9.56. The molecule has 7 N–H and O–H groups in total. The van der Waals surface area contributed by atoms with Gasteiger partial charge in [0.25, 0.3) is 0 Å². The third-order valence-corrected chi connectivity index (χ3v) is 12.2. The highest BCUT2D eigenvalue weighted by Gasteiger charge is 2.67. The lowest BCUT2D eigenvalue weighted by Crippen LogP contribution is -2.63. The van der Waals surface area contributed by atoms with E-state index < -0.39 is 0 Å². The van der Waals surface area contributed by atoms with Crippen LogP contribution in [-0.4, -0.2) is 67.6 Å². The number of esters is 3. The van der Waals surface area contributed by atoms with E-state index in [4.69, 9.17) is 31.4 Å². The number of hydrogen-bond acceptors (Lipinski definition) is 10. The molecule has 0 bridgehead atoms. The first-order valence-electron chi connectivity index (χ1n) is 16.8. The summed E-state index contributed by atoms with van der Waals surface area (Å²) >= 11 is 0. The van der Waals surface area contributed by atoms with E-state index in [0.717, 1.165) is 51.4 Å². The fourth-order valence-electron chi connectivity index (χ4n) is 10.1. The normalized spacial score (nSPS) is 39.1. The highest BCUT2D eigenvalue weighted by Crippen LogP contribution is 2.69. The zero-order valence-corrected chi connectivity index (χ0v) is 26.6. The Morgan fingerprint density at radius 3 is 2.09 bits per heavy atom. The minimum absolute atomic E-state index is 0.0708. The van der Waals surface area contributed by atoms with Crippen LogP contribution in [0.4, 0.5) is 0 Å². The van der Waals surface area contributed by atoms with E-state index >= 15 is 0 Å². The number of rotatable bonds is 13. The molecule has 246 valence electrons. The van der Waals surface area contributed by atoms with Gasteiger partial charge in [0.1, 0.15) is 18.3 Å². The van der Waals surface area contributed by atoms with Crippen molar-refractivity contribution in [2.24, 2.45) is 63.5 Å². The number of aliphatic hydroxyl groups is 1. The van der Waals surface area contributed by atoms with Crippen molar-refractivity contribution in [1.82, 2.24) is 0 Å². The maximum atomic E-state index is 13.0. The van der Waals surface area contributed by atoms with E-state index in [2.05, 4.69) is 20.8 Å². The van der Waals surface area contributed by atoms with E-state index in [1.165, 1.54) is 0 Å². The van der Waals surface area contributed by atoms with Crippen LogP contribution < -0.4 is 17.2 Å². The van der Waals surface area contributed by atoms with Gasteiger partial charge in [0, 0.05) is 37.6 Å². The molecule has 10 heteroatoms. The zero-order valence-electron chi connectivity index (χ0n) is 26.6. The third-order valence-electron chi connectivity index (χ3n) is 12.2. The van der Waals surface area contributed by atoms with E-state index in [1.54, 1.807) is 0 Å². The lowest BCUT2D eigenvalue weighted by atomic mass is 9.43. The Balaban J connectivity index is 1.71. The van der Waals surface area contributed by atoms with Gasteiger partial charge in [-0.25, -0.2) is 0 Å². The van der Waals surface area contributed by atoms with Crippen LogP contribution in [0.3, 0.4) is 0 Å². The molecule has 10 nitrogen and oxygen atoms in total. The molecule has 4 aliphatic carbocycles. The van der Waals surface area contributed by atoms with Crippen molar-refractivity contribution in [2.75, 3.05) is 26.2 Å². The van der Waals surface area contributed by atoms with Gasteiger partial charge < -0.3 is 36.5 Å². The van der Waals surface area contributed by atoms with Gasteiger partial charge >= 0.3 is 17.9 Å². The highest BCUT2D eigenvalue weighted by atomic mass is 16.6. The second-order valence-corrected chi connectivity index (χ2v) is 14.4. The average Bonchev–Trinajstić information content (AvgIpc) is 3.31. The molecule has 0 radical (unpaired) electrons. The maximum Gasteiger partial charge on any atom is 0.307 e. The monoisotopic (exact) mass is 607 g/mol. The second-order valence-electron chi connectivity index (χ2n) is 14.4. The Bertz CT molecular complexity index is 980. The molecule has 0 spiro atoms. The number of fused-ring (bicyclic) bond motifs is 5. The Morgan fingerprint density at radius 2 is 1.47 bits per heavy atom. The minimum Gasteiger partial charge on any atom is -0.462 e. The quantitative estimate of drug-likeness (QED) is 0.180. The van der Waals surface area contributed by atoms with Crippen LogP contribution >= 0.6 is 0 Å². The standard InChI is InChI=1S/C33H57N3O7/c1-20(5-4-16-37)23-6-7-24-31-25(19-27(33(23,24)3)43-30(40)11-15-36)32(2)12-8-22(41-28(38)9-13-34)17-21(32)18-26(31)42-29(39)10-14-35/h20-27,31,37H,4-19,34-36H2,1-3H3/t20-,21+,22-,23-,24+,25+,26-,27+,31+,32+,33-/m1/s1. The number of aliphatic hydroxyl groups excluding tert-OH is 1. The van der Waals surface area contributed by atoms with Crippen molar-refractivity contribution >= 4 is 17.9 Å².